The minimum Gasteiger partial charge on any atom is -0.354 e. The molecule has 0 spiro atoms. The van der Waals surface area contributed by atoms with Crippen LogP contribution in [0.5, 0.6) is 0 Å². The molecule has 1 heterocycles. The second-order valence-electron chi connectivity index (χ2n) is 6.01. The van der Waals surface area contributed by atoms with Crippen LogP contribution in [0.4, 0.5) is 0 Å². The third-order valence-electron chi connectivity index (χ3n) is 4.04. The van der Waals surface area contributed by atoms with Crippen molar-refractivity contribution in [3.63, 3.8) is 0 Å². The summed E-state index contributed by atoms with van der Waals surface area (Å²) >= 11 is 0. The molecule has 4 atom stereocenters. The number of nitriles is 1. The summed E-state index contributed by atoms with van der Waals surface area (Å²) in [4.78, 5) is 25.7. The van der Waals surface area contributed by atoms with Gasteiger partial charge in [0, 0.05) is 18.5 Å². The van der Waals surface area contributed by atoms with Crippen LogP contribution < -0.4 is 11.1 Å². The minimum absolute atomic E-state index is 0.0218. The molecule has 6 heteroatoms. The van der Waals surface area contributed by atoms with Crippen LogP contribution in [-0.2, 0) is 9.59 Å². The Labute approximate surface area is 119 Å². The van der Waals surface area contributed by atoms with Gasteiger partial charge in [0.15, 0.2) is 0 Å². The first kappa shape index (κ1) is 14.8. The van der Waals surface area contributed by atoms with Gasteiger partial charge in [0.25, 0.3) is 0 Å². The number of carbonyl (C=O) groups is 2. The number of hydrogen-bond acceptors (Lipinski definition) is 4. The van der Waals surface area contributed by atoms with Crippen LogP contribution in [-0.4, -0.2) is 41.4 Å². The Kier molecular flexibility index (Phi) is 4.29. The molecule has 0 radical (unpaired) electrons. The number of hydrogen-bond donors (Lipinski definition) is 2. The molecule has 3 N–H and O–H groups in total. The third-order valence-corrected chi connectivity index (χ3v) is 4.04. The highest BCUT2D eigenvalue weighted by Crippen LogP contribution is 2.41. The van der Waals surface area contributed by atoms with Crippen molar-refractivity contribution in [2.75, 3.05) is 6.54 Å². The highest BCUT2D eigenvalue weighted by atomic mass is 16.2. The summed E-state index contributed by atoms with van der Waals surface area (Å²) < 4.78 is 0. The summed E-state index contributed by atoms with van der Waals surface area (Å²) in [6, 6.07) is 1.22. The normalized spacial score (nSPS) is 29.9. The first-order valence-electron chi connectivity index (χ1n) is 7.21. The molecule has 110 valence electrons. The highest BCUT2D eigenvalue weighted by molar-refractivity contribution is 5.87. The number of nitrogens with two attached hydrogens (primary N) is 1. The number of amides is 2. The van der Waals surface area contributed by atoms with Crippen LogP contribution in [0.2, 0.25) is 0 Å². The lowest BCUT2D eigenvalue weighted by atomic mass is 10.1. The van der Waals surface area contributed by atoms with Gasteiger partial charge in [-0.3, -0.25) is 9.59 Å². The Morgan fingerprint density at radius 1 is 1.45 bits per heavy atom. The van der Waals surface area contributed by atoms with Crippen molar-refractivity contribution < 1.29 is 9.59 Å². The number of likely N-dealkylation sites (tertiary alicyclic amines) is 1. The lowest BCUT2D eigenvalue weighted by Crippen LogP contribution is -2.47. The standard InChI is InChI=1S/C14H22N4O2/c1-8(2)17-13(19)11-6-10(11)12(16)14(20)18-5-3-4-9(18)7-15/h8-12H,3-6,16H2,1-2H3,(H,17,19)/t9-,10+,11-,12-/m0/s1. The molecule has 2 fully saturated rings. The predicted molar refractivity (Wildman–Crippen MR) is 73.2 cm³/mol. The number of carbonyl (C=O) groups excluding carboxylic acids is 2. The van der Waals surface area contributed by atoms with Gasteiger partial charge in [-0.15, -0.1) is 0 Å². The summed E-state index contributed by atoms with van der Waals surface area (Å²) in [5.41, 5.74) is 6.00. The molecule has 0 aromatic heterocycles. The van der Waals surface area contributed by atoms with Gasteiger partial charge in [-0.2, -0.15) is 5.26 Å². The molecule has 1 aliphatic heterocycles. The molecular weight excluding hydrogens is 256 g/mol. The zero-order valence-electron chi connectivity index (χ0n) is 12.0. The second-order valence-corrected chi connectivity index (χ2v) is 6.01. The molecule has 1 aliphatic carbocycles. The van der Waals surface area contributed by atoms with Gasteiger partial charge in [0.2, 0.25) is 11.8 Å². The van der Waals surface area contributed by atoms with Crippen molar-refractivity contribution in [3.8, 4) is 6.07 Å². The van der Waals surface area contributed by atoms with Gasteiger partial charge in [0.1, 0.15) is 6.04 Å². The van der Waals surface area contributed by atoms with E-state index in [1.807, 2.05) is 13.8 Å². The third kappa shape index (κ3) is 2.93. The Balaban J connectivity index is 1.90. The largest absolute Gasteiger partial charge is 0.354 e. The first-order valence-corrected chi connectivity index (χ1v) is 7.21. The highest BCUT2D eigenvalue weighted by Gasteiger charge is 2.50. The maximum atomic E-state index is 12.3. The summed E-state index contributed by atoms with van der Waals surface area (Å²) in [5, 5.41) is 11.9. The van der Waals surface area contributed by atoms with Crippen LogP contribution >= 0.6 is 0 Å². The Bertz CT molecular complexity index is 443. The molecule has 0 unspecified atom stereocenters. The first-order chi connectivity index (χ1) is 9.45. The van der Waals surface area contributed by atoms with E-state index in [2.05, 4.69) is 11.4 Å². The molecule has 0 aromatic carbocycles. The lowest BCUT2D eigenvalue weighted by Gasteiger charge is -2.23. The second kappa shape index (κ2) is 5.80. The van der Waals surface area contributed by atoms with Gasteiger partial charge < -0.3 is 16.0 Å². The van der Waals surface area contributed by atoms with E-state index in [1.165, 1.54) is 0 Å². The molecule has 0 bridgehead atoms. The molecule has 2 amide bonds. The van der Waals surface area contributed by atoms with Crippen LogP contribution in [0.15, 0.2) is 0 Å². The maximum Gasteiger partial charge on any atom is 0.240 e. The van der Waals surface area contributed by atoms with Gasteiger partial charge in [-0.05, 0) is 39.0 Å². The van der Waals surface area contributed by atoms with E-state index in [0.717, 1.165) is 12.8 Å². The van der Waals surface area contributed by atoms with E-state index < -0.39 is 6.04 Å². The van der Waals surface area contributed by atoms with Crippen LogP contribution in [0.1, 0.15) is 33.1 Å². The van der Waals surface area contributed by atoms with E-state index in [0.29, 0.717) is 13.0 Å². The summed E-state index contributed by atoms with van der Waals surface area (Å²) in [6.45, 7) is 4.41. The fourth-order valence-corrected chi connectivity index (χ4v) is 2.84. The Morgan fingerprint density at radius 3 is 2.75 bits per heavy atom. The fourth-order valence-electron chi connectivity index (χ4n) is 2.84. The van der Waals surface area contributed by atoms with Crippen LogP contribution in [0, 0.1) is 23.2 Å². The van der Waals surface area contributed by atoms with Crippen molar-refractivity contribution in [2.45, 2.75) is 51.2 Å². The number of nitrogens with zero attached hydrogens (tertiary/aromatic N) is 2. The number of rotatable bonds is 4. The van der Waals surface area contributed by atoms with Crippen molar-refractivity contribution in [2.24, 2.45) is 17.6 Å². The van der Waals surface area contributed by atoms with Gasteiger partial charge in [-0.1, -0.05) is 0 Å². The van der Waals surface area contributed by atoms with E-state index in [1.54, 1.807) is 4.90 Å². The number of nitrogens with one attached hydrogen (secondary N) is 1. The van der Waals surface area contributed by atoms with E-state index >= 15 is 0 Å². The van der Waals surface area contributed by atoms with Crippen molar-refractivity contribution >= 4 is 11.8 Å². The van der Waals surface area contributed by atoms with Gasteiger partial charge in [0.05, 0.1) is 12.1 Å². The molecule has 2 aliphatic rings. The maximum absolute atomic E-state index is 12.3. The smallest absolute Gasteiger partial charge is 0.240 e. The summed E-state index contributed by atoms with van der Waals surface area (Å²) in [7, 11) is 0. The SMILES string of the molecule is CC(C)NC(=O)[C@H]1C[C@H]1[C@H](N)C(=O)N1CCC[C@H]1C#N. The van der Waals surface area contributed by atoms with Crippen molar-refractivity contribution in [3.05, 3.63) is 0 Å². The molecule has 2 rings (SSSR count). The summed E-state index contributed by atoms with van der Waals surface area (Å²) in [5.74, 6) is -0.439. The molecule has 6 nitrogen and oxygen atoms in total. The lowest BCUT2D eigenvalue weighted by molar-refractivity contribution is -0.133. The zero-order chi connectivity index (χ0) is 14.9. The molecule has 1 saturated carbocycles. The molecule has 0 aromatic rings. The Morgan fingerprint density at radius 2 is 2.15 bits per heavy atom. The van der Waals surface area contributed by atoms with E-state index in [9.17, 15) is 9.59 Å². The predicted octanol–water partition coefficient (Wildman–Crippen LogP) is -0.0110. The fraction of sp³-hybridized carbons (Fsp3) is 0.786. The molecular formula is C14H22N4O2. The zero-order valence-corrected chi connectivity index (χ0v) is 12.0. The monoisotopic (exact) mass is 278 g/mol. The molecule has 1 saturated heterocycles. The van der Waals surface area contributed by atoms with E-state index in [4.69, 9.17) is 11.0 Å². The van der Waals surface area contributed by atoms with Crippen molar-refractivity contribution in [1.82, 2.24) is 10.2 Å². The Hall–Kier alpha value is -1.61. The topological polar surface area (TPSA) is 99.2 Å². The molecule has 20 heavy (non-hydrogen) atoms. The average Bonchev–Trinajstić information content (AvgIpc) is 3.06. The summed E-state index contributed by atoms with van der Waals surface area (Å²) in [6.07, 6.45) is 2.23. The van der Waals surface area contributed by atoms with Gasteiger partial charge >= 0.3 is 0 Å². The van der Waals surface area contributed by atoms with Gasteiger partial charge in [-0.25, -0.2) is 0 Å². The van der Waals surface area contributed by atoms with E-state index in [-0.39, 0.29) is 35.7 Å². The minimum atomic E-state index is -0.660. The average molecular weight is 278 g/mol. The van der Waals surface area contributed by atoms with Crippen LogP contribution in [0.25, 0.3) is 0 Å². The van der Waals surface area contributed by atoms with Crippen LogP contribution in [0.3, 0.4) is 0 Å². The quantitative estimate of drug-likeness (QED) is 0.755. The van der Waals surface area contributed by atoms with Crippen molar-refractivity contribution in [1.29, 1.82) is 5.26 Å².